The predicted molar refractivity (Wildman–Crippen MR) is 138 cm³/mol. The number of aromatic nitrogens is 3. The molecule has 1 saturated heterocycles. The van der Waals surface area contributed by atoms with Crippen LogP contribution in [0.4, 0.5) is 0 Å². The number of amides is 1. The van der Waals surface area contributed by atoms with E-state index in [1.165, 1.54) is 30.4 Å². The lowest BCUT2D eigenvalue weighted by Gasteiger charge is -2.33. The van der Waals surface area contributed by atoms with Crippen molar-refractivity contribution in [2.75, 3.05) is 19.7 Å². The summed E-state index contributed by atoms with van der Waals surface area (Å²) in [5, 5.41) is 17.7. The molecule has 7 nitrogen and oxygen atoms in total. The molecule has 36 heavy (non-hydrogen) atoms. The van der Waals surface area contributed by atoms with Gasteiger partial charge in [-0.2, -0.15) is 5.26 Å². The van der Waals surface area contributed by atoms with E-state index in [9.17, 15) is 4.79 Å². The van der Waals surface area contributed by atoms with E-state index in [2.05, 4.69) is 27.3 Å². The first-order chi connectivity index (χ1) is 17.6. The van der Waals surface area contributed by atoms with Gasteiger partial charge in [0.15, 0.2) is 11.6 Å². The average Bonchev–Trinajstić information content (AvgIpc) is 3.35. The van der Waals surface area contributed by atoms with Crippen LogP contribution >= 0.6 is 0 Å². The number of ether oxygens (including phenoxy) is 1. The third kappa shape index (κ3) is 4.91. The van der Waals surface area contributed by atoms with E-state index in [1.54, 1.807) is 0 Å². The molecule has 1 saturated carbocycles. The van der Waals surface area contributed by atoms with Gasteiger partial charge in [-0.1, -0.05) is 24.6 Å². The molecule has 1 aromatic heterocycles. The Balaban J connectivity index is 1.36. The highest BCUT2D eigenvalue weighted by Crippen LogP contribution is 2.42. The highest BCUT2D eigenvalue weighted by molar-refractivity contribution is 5.97. The van der Waals surface area contributed by atoms with Crippen molar-refractivity contribution in [3.05, 3.63) is 70.0 Å². The molecule has 1 aliphatic carbocycles. The number of carbonyl (C=O) groups excluding carboxylic acids is 1. The Kier molecular flexibility index (Phi) is 7.15. The number of aryl methyl sites for hydroxylation is 1. The van der Waals surface area contributed by atoms with Gasteiger partial charge in [0.05, 0.1) is 11.6 Å². The quantitative estimate of drug-likeness (QED) is 0.480. The molecule has 3 aromatic rings. The molecule has 0 unspecified atom stereocenters. The lowest BCUT2D eigenvalue weighted by molar-refractivity contribution is 0.0712. The number of rotatable bonds is 7. The molecular weight excluding hydrogens is 450 g/mol. The van der Waals surface area contributed by atoms with Crippen LogP contribution in [0.2, 0.25) is 0 Å². The molecule has 2 fully saturated rings. The van der Waals surface area contributed by atoms with Crippen molar-refractivity contribution < 1.29 is 9.53 Å². The standard InChI is InChI=1S/C29H33N5O2/c1-3-36-18-27-31-28(33-32-27)26-16-24(19(2)15-25(26)23-5-4-6-23)29(35)34-13-11-22(12-14-34)21-9-7-20(17-30)8-10-21/h7-10,15-16,22-23H,3-6,11-14,18H2,1-2H3,(H,31,32,33). The molecule has 0 radical (unpaired) electrons. The van der Waals surface area contributed by atoms with Gasteiger partial charge in [-0.3, -0.25) is 4.79 Å². The number of benzene rings is 2. The second-order valence-electron chi connectivity index (χ2n) is 9.94. The zero-order valence-corrected chi connectivity index (χ0v) is 21.1. The van der Waals surface area contributed by atoms with Crippen LogP contribution in [0.3, 0.4) is 0 Å². The first-order valence-electron chi connectivity index (χ1n) is 13.0. The SMILES string of the molecule is CCOCc1nnc(-c2cc(C(=O)N3CCC(c4ccc(C#N)cc4)CC3)c(C)cc2C2CCC2)[nH]1. The number of likely N-dealkylation sites (tertiary alicyclic amines) is 1. The Morgan fingerprint density at radius 1 is 1.11 bits per heavy atom. The lowest BCUT2D eigenvalue weighted by Crippen LogP contribution is -2.38. The molecule has 7 heteroatoms. The van der Waals surface area contributed by atoms with Crippen LogP contribution in [0.15, 0.2) is 36.4 Å². The van der Waals surface area contributed by atoms with E-state index in [0.29, 0.717) is 42.3 Å². The van der Waals surface area contributed by atoms with Gasteiger partial charge in [0, 0.05) is 30.8 Å². The van der Waals surface area contributed by atoms with Crippen LogP contribution in [0.25, 0.3) is 11.4 Å². The van der Waals surface area contributed by atoms with Gasteiger partial charge in [0.2, 0.25) is 0 Å². The summed E-state index contributed by atoms with van der Waals surface area (Å²) in [5.74, 6) is 2.41. The van der Waals surface area contributed by atoms with Crippen LogP contribution in [0.5, 0.6) is 0 Å². The molecule has 1 aliphatic heterocycles. The summed E-state index contributed by atoms with van der Waals surface area (Å²) in [7, 11) is 0. The summed E-state index contributed by atoms with van der Waals surface area (Å²) in [5.41, 5.74) is 5.93. The maximum atomic E-state index is 13.7. The number of carbonyl (C=O) groups is 1. The number of hydrogen-bond acceptors (Lipinski definition) is 5. The number of aromatic amines is 1. The van der Waals surface area contributed by atoms with Crippen molar-refractivity contribution in [1.82, 2.24) is 20.1 Å². The molecule has 2 aliphatic rings. The van der Waals surface area contributed by atoms with E-state index < -0.39 is 0 Å². The Morgan fingerprint density at radius 3 is 2.50 bits per heavy atom. The number of nitrogens with one attached hydrogen (secondary N) is 1. The first-order valence-corrected chi connectivity index (χ1v) is 13.0. The molecule has 0 atom stereocenters. The number of piperidine rings is 1. The van der Waals surface area contributed by atoms with Crippen molar-refractivity contribution in [1.29, 1.82) is 5.26 Å². The van der Waals surface area contributed by atoms with E-state index in [-0.39, 0.29) is 5.91 Å². The fraction of sp³-hybridized carbons (Fsp3) is 0.448. The molecule has 0 spiro atoms. The van der Waals surface area contributed by atoms with Crippen molar-refractivity contribution in [2.45, 2.75) is 64.4 Å². The Labute approximate surface area is 212 Å². The van der Waals surface area contributed by atoms with Crippen LogP contribution in [-0.4, -0.2) is 45.7 Å². The Hall–Kier alpha value is -3.50. The number of hydrogen-bond donors (Lipinski definition) is 1. The third-order valence-corrected chi connectivity index (χ3v) is 7.70. The second kappa shape index (κ2) is 10.6. The smallest absolute Gasteiger partial charge is 0.254 e. The highest BCUT2D eigenvalue weighted by atomic mass is 16.5. The fourth-order valence-corrected chi connectivity index (χ4v) is 5.32. The monoisotopic (exact) mass is 483 g/mol. The zero-order valence-electron chi connectivity index (χ0n) is 21.1. The molecular formula is C29H33N5O2. The Bertz CT molecular complexity index is 1260. The van der Waals surface area contributed by atoms with Gasteiger partial charge in [-0.05, 0) is 86.3 Å². The number of nitriles is 1. The molecule has 1 amide bonds. The summed E-state index contributed by atoms with van der Waals surface area (Å²) in [6.45, 7) is 6.47. The third-order valence-electron chi connectivity index (χ3n) is 7.70. The molecule has 5 rings (SSSR count). The van der Waals surface area contributed by atoms with E-state index >= 15 is 0 Å². The summed E-state index contributed by atoms with van der Waals surface area (Å²) in [6, 6.07) is 14.3. The van der Waals surface area contributed by atoms with Gasteiger partial charge in [-0.25, -0.2) is 0 Å². The van der Waals surface area contributed by atoms with Gasteiger partial charge in [0.1, 0.15) is 6.61 Å². The van der Waals surface area contributed by atoms with Crippen LogP contribution in [0, 0.1) is 18.3 Å². The number of nitrogens with zero attached hydrogens (tertiary/aromatic N) is 4. The molecule has 186 valence electrons. The highest BCUT2D eigenvalue weighted by Gasteiger charge is 2.29. The van der Waals surface area contributed by atoms with Gasteiger partial charge >= 0.3 is 0 Å². The molecule has 2 heterocycles. The van der Waals surface area contributed by atoms with Crippen molar-refractivity contribution in [3.63, 3.8) is 0 Å². The fourth-order valence-electron chi connectivity index (χ4n) is 5.32. The average molecular weight is 484 g/mol. The van der Waals surface area contributed by atoms with Crippen molar-refractivity contribution in [2.24, 2.45) is 0 Å². The zero-order chi connectivity index (χ0) is 25.1. The summed E-state index contributed by atoms with van der Waals surface area (Å²) in [6.07, 6.45) is 5.42. The second-order valence-corrected chi connectivity index (χ2v) is 9.94. The number of H-pyrrole nitrogens is 1. The van der Waals surface area contributed by atoms with Gasteiger partial charge in [-0.15, -0.1) is 10.2 Å². The Morgan fingerprint density at radius 2 is 1.86 bits per heavy atom. The maximum Gasteiger partial charge on any atom is 0.254 e. The van der Waals surface area contributed by atoms with Gasteiger partial charge < -0.3 is 14.6 Å². The summed E-state index contributed by atoms with van der Waals surface area (Å²) < 4.78 is 5.48. The van der Waals surface area contributed by atoms with Crippen molar-refractivity contribution >= 4 is 5.91 Å². The largest absolute Gasteiger partial charge is 0.374 e. The molecule has 1 N–H and O–H groups in total. The minimum Gasteiger partial charge on any atom is -0.374 e. The normalized spacial score (nSPS) is 16.5. The van der Waals surface area contributed by atoms with E-state index in [4.69, 9.17) is 10.00 Å². The molecule has 0 bridgehead atoms. The van der Waals surface area contributed by atoms with Crippen molar-refractivity contribution in [3.8, 4) is 17.5 Å². The molecule has 2 aromatic carbocycles. The minimum absolute atomic E-state index is 0.0845. The summed E-state index contributed by atoms with van der Waals surface area (Å²) in [4.78, 5) is 19.0. The maximum absolute atomic E-state index is 13.7. The van der Waals surface area contributed by atoms with Crippen LogP contribution in [0.1, 0.15) is 89.3 Å². The van der Waals surface area contributed by atoms with Crippen LogP contribution < -0.4 is 0 Å². The minimum atomic E-state index is 0.0845. The van der Waals surface area contributed by atoms with Gasteiger partial charge in [0.25, 0.3) is 5.91 Å². The lowest BCUT2D eigenvalue weighted by atomic mass is 9.77. The summed E-state index contributed by atoms with van der Waals surface area (Å²) >= 11 is 0. The van der Waals surface area contributed by atoms with E-state index in [1.807, 2.05) is 49.1 Å². The first kappa shape index (κ1) is 24.2. The van der Waals surface area contributed by atoms with E-state index in [0.717, 1.165) is 42.6 Å². The predicted octanol–water partition coefficient (Wildman–Crippen LogP) is 5.48. The topological polar surface area (TPSA) is 94.9 Å². The van der Waals surface area contributed by atoms with Crippen LogP contribution in [-0.2, 0) is 11.3 Å².